The van der Waals surface area contributed by atoms with E-state index in [2.05, 4.69) is 85.9 Å². The fourth-order valence-corrected chi connectivity index (χ4v) is 11.9. The Labute approximate surface area is 313 Å². The van der Waals surface area contributed by atoms with Gasteiger partial charge in [0.15, 0.2) is 0 Å². The zero-order valence-electron chi connectivity index (χ0n) is 31.1. The number of hydrogen-bond donors (Lipinski definition) is 0. The fourth-order valence-electron chi connectivity index (χ4n) is 11.9. The number of halogens is 3. The van der Waals surface area contributed by atoms with Crippen molar-refractivity contribution < 1.29 is 13.2 Å². The Balaban J connectivity index is 1.10. The van der Waals surface area contributed by atoms with Crippen LogP contribution in [-0.2, 0) is 0 Å². The average Bonchev–Trinajstić information content (AvgIpc) is 3.19. The van der Waals surface area contributed by atoms with E-state index < -0.39 is 6.18 Å². The minimum absolute atomic E-state index is 0.0282. The Hall–Kier alpha value is -3.85. The maximum Gasteiger partial charge on any atom is 0.412 e. The summed E-state index contributed by atoms with van der Waals surface area (Å²) in [5, 5.41) is 0. The second kappa shape index (κ2) is 13.2. The van der Waals surface area contributed by atoms with E-state index >= 15 is 0 Å². The van der Waals surface area contributed by atoms with Crippen LogP contribution in [0.5, 0.6) is 0 Å². The molecular formula is C50H51F3. The van der Waals surface area contributed by atoms with Crippen LogP contribution in [0.2, 0.25) is 0 Å². The number of fused-ring (bicyclic) bond motifs is 4. The van der Waals surface area contributed by atoms with Gasteiger partial charge >= 0.3 is 6.18 Å². The molecule has 10 aliphatic carbocycles. The fraction of sp³-hybridized carbons (Fsp3) is 0.440. The number of hydrogen-bond acceptors (Lipinski definition) is 0. The van der Waals surface area contributed by atoms with E-state index in [1.165, 1.54) is 73.3 Å². The third-order valence-corrected chi connectivity index (χ3v) is 14.7. The molecule has 0 saturated carbocycles. The van der Waals surface area contributed by atoms with Crippen molar-refractivity contribution in [3.8, 4) is 0 Å². The molecule has 0 spiro atoms. The van der Waals surface area contributed by atoms with E-state index in [0.717, 1.165) is 76.2 Å². The lowest BCUT2D eigenvalue weighted by molar-refractivity contribution is -0.0942. The zero-order valence-corrected chi connectivity index (χ0v) is 31.1. The maximum atomic E-state index is 14.4. The maximum absolute atomic E-state index is 14.4. The van der Waals surface area contributed by atoms with Gasteiger partial charge in [-0.2, -0.15) is 13.2 Å². The summed E-state index contributed by atoms with van der Waals surface area (Å²) in [6.45, 7) is 2.45. The molecule has 0 heterocycles. The minimum atomic E-state index is -4.29. The highest BCUT2D eigenvalue weighted by Crippen LogP contribution is 2.57. The van der Waals surface area contributed by atoms with E-state index in [1.54, 1.807) is 6.08 Å². The molecule has 53 heavy (non-hydrogen) atoms. The lowest BCUT2D eigenvalue weighted by Crippen LogP contribution is -2.31. The predicted molar refractivity (Wildman–Crippen MR) is 210 cm³/mol. The van der Waals surface area contributed by atoms with Crippen LogP contribution in [0, 0.1) is 35.5 Å². The quantitative estimate of drug-likeness (QED) is 0.274. The summed E-state index contributed by atoms with van der Waals surface area (Å²) >= 11 is 0. The summed E-state index contributed by atoms with van der Waals surface area (Å²) in [6, 6.07) is 0. The van der Waals surface area contributed by atoms with Gasteiger partial charge in [0.25, 0.3) is 0 Å². The largest absolute Gasteiger partial charge is 0.412 e. The first-order valence-corrected chi connectivity index (χ1v) is 20.7. The molecule has 10 rings (SSSR count). The Morgan fingerprint density at radius 2 is 1.42 bits per heavy atom. The summed E-state index contributed by atoms with van der Waals surface area (Å²) in [6.07, 6.45) is 41.7. The Morgan fingerprint density at radius 1 is 0.623 bits per heavy atom. The standard InChI is InChI=1S/C50H51F3/c1-30-40-13-7-6-10-33(40)18-21-41(30)38-19-22-42-46(26-38)44(36-16-14-31-8-2-4-11-34(31)24-36)28-49-43-23-20-39(50(51,52)53)27-47(43)45(29-48(42)49)37-17-15-32-9-3-5-12-35(32)25-37/h4-6,10-12,14,16-18,21,25-27,30,32,36,40,44-45H,2-3,7-9,13,15,19-20,22-24,28-29H2,1H3. The van der Waals surface area contributed by atoms with Crippen molar-refractivity contribution in [2.45, 2.75) is 103 Å². The predicted octanol–water partition coefficient (Wildman–Crippen LogP) is 13.8. The number of allylic oxidation sites excluding steroid dienone is 28. The highest BCUT2D eigenvalue weighted by atomic mass is 19.4. The second-order valence-corrected chi connectivity index (χ2v) is 17.4. The first-order chi connectivity index (χ1) is 25.8. The van der Waals surface area contributed by atoms with Crippen molar-refractivity contribution in [3.63, 3.8) is 0 Å². The van der Waals surface area contributed by atoms with Gasteiger partial charge in [-0.15, -0.1) is 0 Å². The Morgan fingerprint density at radius 3 is 2.30 bits per heavy atom. The van der Waals surface area contributed by atoms with Gasteiger partial charge in [-0.3, -0.25) is 0 Å². The summed E-state index contributed by atoms with van der Waals surface area (Å²) < 4.78 is 43.2. The normalized spacial score (nSPS) is 33.4. The smallest absolute Gasteiger partial charge is 0.166 e. The third kappa shape index (κ3) is 5.87. The molecule has 0 N–H and O–H groups in total. The summed E-state index contributed by atoms with van der Waals surface area (Å²) in [4.78, 5) is 0. The molecule has 6 atom stereocenters. The first-order valence-electron chi connectivity index (χ1n) is 20.7. The van der Waals surface area contributed by atoms with Gasteiger partial charge in [-0.1, -0.05) is 85.9 Å². The molecule has 0 bridgehead atoms. The van der Waals surface area contributed by atoms with Crippen molar-refractivity contribution in [1.29, 1.82) is 0 Å². The van der Waals surface area contributed by atoms with Crippen molar-refractivity contribution in [2.24, 2.45) is 35.5 Å². The van der Waals surface area contributed by atoms with Crippen LogP contribution in [0.25, 0.3) is 0 Å². The van der Waals surface area contributed by atoms with E-state index in [9.17, 15) is 13.2 Å². The number of alkyl halides is 3. The van der Waals surface area contributed by atoms with Crippen molar-refractivity contribution in [2.75, 3.05) is 0 Å². The lowest BCUT2D eigenvalue weighted by atomic mass is 9.60. The van der Waals surface area contributed by atoms with Crippen LogP contribution in [0.3, 0.4) is 0 Å². The molecule has 0 aliphatic heterocycles. The number of rotatable bonds is 3. The van der Waals surface area contributed by atoms with Gasteiger partial charge < -0.3 is 0 Å². The molecule has 0 fully saturated rings. The van der Waals surface area contributed by atoms with Crippen molar-refractivity contribution in [1.82, 2.24) is 0 Å². The molecule has 0 aromatic rings. The highest BCUT2D eigenvalue weighted by Gasteiger charge is 2.44. The molecule has 0 radical (unpaired) electrons. The minimum Gasteiger partial charge on any atom is -0.166 e. The van der Waals surface area contributed by atoms with Crippen LogP contribution in [0.1, 0.15) is 96.8 Å². The summed E-state index contributed by atoms with van der Waals surface area (Å²) in [5.74, 6) is 2.32. The Bertz CT molecular complexity index is 2090. The molecule has 0 saturated heterocycles. The van der Waals surface area contributed by atoms with E-state index in [0.29, 0.717) is 36.0 Å². The van der Waals surface area contributed by atoms with Crippen LogP contribution >= 0.6 is 0 Å². The van der Waals surface area contributed by atoms with Gasteiger partial charge in [0.2, 0.25) is 0 Å². The van der Waals surface area contributed by atoms with Crippen LogP contribution < -0.4 is 0 Å². The average molecular weight is 709 g/mol. The van der Waals surface area contributed by atoms with Crippen molar-refractivity contribution >= 4 is 0 Å². The van der Waals surface area contributed by atoms with Crippen LogP contribution in [0.4, 0.5) is 13.2 Å². The Kier molecular flexibility index (Phi) is 8.37. The van der Waals surface area contributed by atoms with Gasteiger partial charge in [0.1, 0.15) is 0 Å². The molecule has 272 valence electrons. The van der Waals surface area contributed by atoms with E-state index in [1.807, 2.05) is 0 Å². The molecule has 3 heteroatoms. The second-order valence-electron chi connectivity index (χ2n) is 17.4. The van der Waals surface area contributed by atoms with Crippen molar-refractivity contribution in [3.05, 3.63) is 163 Å². The third-order valence-electron chi connectivity index (χ3n) is 14.7. The molecule has 0 aromatic heterocycles. The monoisotopic (exact) mass is 708 g/mol. The van der Waals surface area contributed by atoms with E-state index in [4.69, 9.17) is 0 Å². The zero-order chi connectivity index (χ0) is 35.8. The summed E-state index contributed by atoms with van der Waals surface area (Å²) in [5.41, 5.74) is 17.9. The van der Waals surface area contributed by atoms with Gasteiger partial charge in [-0.25, -0.2) is 0 Å². The van der Waals surface area contributed by atoms with Gasteiger partial charge in [-0.05, 0) is 198 Å². The van der Waals surface area contributed by atoms with Gasteiger partial charge in [0.05, 0.1) is 0 Å². The van der Waals surface area contributed by atoms with Crippen LogP contribution in [0.15, 0.2) is 163 Å². The van der Waals surface area contributed by atoms with Crippen LogP contribution in [-0.4, -0.2) is 6.18 Å². The topological polar surface area (TPSA) is 0 Å². The molecule has 10 aliphatic rings. The van der Waals surface area contributed by atoms with E-state index in [-0.39, 0.29) is 17.9 Å². The SMILES string of the molecule is CC1C(C2=CC3=C(CC2)C2=C(CC3C3C=CC4=C(C=CCC4)C3)C3=C(C=C(C(F)(F)F)CC3)C(C3=CCC4CCC=CC4=C3)C2)=CC=C2C=CCCC21. The van der Waals surface area contributed by atoms with Gasteiger partial charge in [0, 0.05) is 11.5 Å². The molecule has 0 nitrogen and oxygen atoms in total. The molecular weight excluding hydrogens is 658 g/mol. The summed E-state index contributed by atoms with van der Waals surface area (Å²) in [7, 11) is 0. The lowest BCUT2D eigenvalue weighted by Gasteiger charge is -2.44. The molecule has 0 aromatic carbocycles. The molecule has 6 unspecified atom stereocenters. The first kappa shape index (κ1) is 33.7. The molecule has 0 amide bonds. The highest BCUT2D eigenvalue weighted by molar-refractivity contribution is 5.65.